The molecular formula is C19H28ClN3O2. The van der Waals surface area contributed by atoms with E-state index in [9.17, 15) is 4.79 Å². The third-order valence-corrected chi connectivity index (χ3v) is 4.69. The molecule has 25 heavy (non-hydrogen) atoms. The minimum atomic E-state index is 0.0276. The Bertz CT molecular complexity index is 580. The molecule has 1 aromatic carbocycles. The summed E-state index contributed by atoms with van der Waals surface area (Å²) >= 11 is 6.31. The van der Waals surface area contributed by atoms with E-state index in [4.69, 9.17) is 22.1 Å². The van der Waals surface area contributed by atoms with Crippen LogP contribution in [0.2, 0.25) is 5.02 Å². The summed E-state index contributed by atoms with van der Waals surface area (Å²) in [5.41, 5.74) is 6.57. The Kier molecular flexibility index (Phi) is 8.25. The molecule has 0 aliphatic carbocycles. The van der Waals surface area contributed by atoms with Gasteiger partial charge in [0.15, 0.2) is 0 Å². The minimum absolute atomic E-state index is 0.0276. The number of rotatable bonds is 9. The maximum absolute atomic E-state index is 11.7. The van der Waals surface area contributed by atoms with Gasteiger partial charge < -0.3 is 15.8 Å². The predicted molar refractivity (Wildman–Crippen MR) is 102 cm³/mol. The van der Waals surface area contributed by atoms with Crippen molar-refractivity contribution in [3.05, 3.63) is 41.4 Å². The Morgan fingerprint density at radius 3 is 3.04 bits per heavy atom. The van der Waals surface area contributed by atoms with Crippen LogP contribution in [0.5, 0.6) is 5.75 Å². The third kappa shape index (κ3) is 6.34. The summed E-state index contributed by atoms with van der Waals surface area (Å²) in [6.45, 7) is 6.99. The molecule has 6 heteroatoms. The summed E-state index contributed by atoms with van der Waals surface area (Å²) in [5, 5.41) is 3.61. The van der Waals surface area contributed by atoms with Gasteiger partial charge in [0.1, 0.15) is 12.4 Å². The van der Waals surface area contributed by atoms with Crippen LogP contribution in [0.3, 0.4) is 0 Å². The number of likely N-dealkylation sites (tertiary alicyclic amines) is 1. The first-order chi connectivity index (χ1) is 12.1. The van der Waals surface area contributed by atoms with Gasteiger partial charge in [0.05, 0.1) is 5.02 Å². The van der Waals surface area contributed by atoms with Crippen molar-refractivity contribution in [1.29, 1.82) is 0 Å². The first kappa shape index (κ1) is 19.8. The number of ether oxygens (including phenoxy) is 1. The Morgan fingerprint density at radius 1 is 1.48 bits per heavy atom. The zero-order valence-corrected chi connectivity index (χ0v) is 15.4. The van der Waals surface area contributed by atoms with E-state index in [0.717, 1.165) is 25.1 Å². The highest BCUT2D eigenvalue weighted by molar-refractivity contribution is 6.32. The van der Waals surface area contributed by atoms with Crippen LogP contribution in [0.25, 0.3) is 0 Å². The molecule has 1 fully saturated rings. The lowest BCUT2D eigenvalue weighted by atomic mass is 10.0. The molecular weight excluding hydrogens is 338 g/mol. The van der Waals surface area contributed by atoms with Gasteiger partial charge >= 0.3 is 0 Å². The molecule has 0 radical (unpaired) electrons. The summed E-state index contributed by atoms with van der Waals surface area (Å²) < 4.78 is 5.52. The number of piperidine rings is 1. The molecule has 0 bridgehead atoms. The molecule has 1 heterocycles. The molecule has 0 spiro atoms. The van der Waals surface area contributed by atoms with Crippen LogP contribution < -0.4 is 15.8 Å². The molecule has 1 unspecified atom stereocenters. The van der Waals surface area contributed by atoms with Crippen molar-refractivity contribution in [2.45, 2.75) is 38.3 Å². The van der Waals surface area contributed by atoms with Gasteiger partial charge in [0, 0.05) is 32.1 Å². The topological polar surface area (TPSA) is 67.6 Å². The normalized spacial score (nSPS) is 17.9. The molecule has 0 aromatic heterocycles. The molecule has 1 aliphatic rings. The van der Waals surface area contributed by atoms with Crippen LogP contribution >= 0.6 is 11.6 Å². The Labute approximate surface area is 155 Å². The van der Waals surface area contributed by atoms with E-state index >= 15 is 0 Å². The van der Waals surface area contributed by atoms with Gasteiger partial charge in [-0.1, -0.05) is 36.7 Å². The van der Waals surface area contributed by atoms with Gasteiger partial charge in [-0.2, -0.15) is 0 Å². The fraction of sp³-hybridized carbons (Fsp3) is 0.526. The van der Waals surface area contributed by atoms with Crippen LogP contribution in [-0.4, -0.2) is 43.1 Å². The van der Waals surface area contributed by atoms with E-state index in [1.165, 1.54) is 12.8 Å². The van der Waals surface area contributed by atoms with Crippen LogP contribution in [0, 0.1) is 0 Å². The lowest BCUT2D eigenvalue weighted by Gasteiger charge is -2.36. The van der Waals surface area contributed by atoms with Crippen molar-refractivity contribution < 1.29 is 9.53 Å². The number of benzene rings is 1. The highest BCUT2D eigenvalue weighted by Crippen LogP contribution is 2.27. The summed E-state index contributed by atoms with van der Waals surface area (Å²) in [5.74, 6) is 0.703. The van der Waals surface area contributed by atoms with Gasteiger partial charge in [-0.15, -0.1) is 0 Å². The first-order valence-corrected chi connectivity index (χ1v) is 9.24. The van der Waals surface area contributed by atoms with E-state index in [-0.39, 0.29) is 5.91 Å². The smallest absolute Gasteiger partial charge is 0.221 e. The van der Waals surface area contributed by atoms with Crippen molar-refractivity contribution in [3.63, 3.8) is 0 Å². The van der Waals surface area contributed by atoms with E-state index in [1.54, 1.807) is 6.08 Å². The van der Waals surface area contributed by atoms with Crippen molar-refractivity contribution in [2.75, 3.05) is 26.2 Å². The number of nitrogens with one attached hydrogen (secondary N) is 1. The Morgan fingerprint density at radius 2 is 2.32 bits per heavy atom. The highest BCUT2D eigenvalue weighted by atomic mass is 35.5. The lowest BCUT2D eigenvalue weighted by molar-refractivity contribution is -0.121. The molecule has 3 N–H and O–H groups in total. The summed E-state index contributed by atoms with van der Waals surface area (Å²) in [4.78, 5) is 14.1. The number of hydrogen-bond donors (Lipinski definition) is 2. The second-order valence-electron chi connectivity index (χ2n) is 6.33. The predicted octanol–water partition coefficient (Wildman–Crippen LogP) is 2.72. The van der Waals surface area contributed by atoms with Crippen molar-refractivity contribution >= 4 is 17.5 Å². The number of carbonyl (C=O) groups excluding carboxylic acids is 1. The largest absolute Gasteiger partial charge is 0.488 e. The number of nitrogens with zero attached hydrogens (tertiary/aromatic N) is 1. The van der Waals surface area contributed by atoms with E-state index in [2.05, 4.69) is 16.8 Å². The van der Waals surface area contributed by atoms with Crippen molar-refractivity contribution in [1.82, 2.24) is 10.2 Å². The van der Waals surface area contributed by atoms with Crippen molar-refractivity contribution in [3.8, 4) is 5.75 Å². The molecule has 0 saturated carbocycles. The minimum Gasteiger partial charge on any atom is -0.488 e. The highest BCUT2D eigenvalue weighted by Gasteiger charge is 2.23. The van der Waals surface area contributed by atoms with Crippen LogP contribution in [0.15, 0.2) is 30.9 Å². The molecule has 5 nitrogen and oxygen atoms in total. The maximum Gasteiger partial charge on any atom is 0.221 e. The number of hydrogen-bond acceptors (Lipinski definition) is 4. The molecule has 1 saturated heterocycles. The fourth-order valence-corrected chi connectivity index (χ4v) is 3.35. The zero-order valence-electron chi connectivity index (χ0n) is 14.7. The second-order valence-corrected chi connectivity index (χ2v) is 6.73. The van der Waals surface area contributed by atoms with Gasteiger partial charge in [-0.3, -0.25) is 9.69 Å². The molecule has 2 rings (SSSR count). The monoisotopic (exact) mass is 365 g/mol. The van der Waals surface area contributed by atoms with Crippen molar-refractivity contribution in [2.24, 2.45) is 5.73 Å². The molecule has 1 aromatic rings. The summed E-state index contributed by atoms with van der Waals surface area (Å²) in [7, 11) is 0. The number of carbonyl (C=O) groups is 1. The van der Waals surface area contributed by atoms with E-state index in [0.29, 0.717) is 42.9 Å². The van der Waals surface area contributed by atoms with Gasteiger partial charge in [0.25, 0.3) is 0 Å². The molecule has 1 atom stereocenters. The van der Waals surface area contributed by atoms with Gasteiger partial charge in [-0.25, -0.2) is 0 Å². The van der Waals surface area contributed by atoms with Crippen LogP contribution in [0.1, 0.15) is 31.2 Å². The fourth-order valence-electron chi connectivity index (χ4n) is 3.09. The molecule has 138 valence electrons. The number of halogens is 1. The average molecular weight is 366 g/mol. The first-order valence-electron chi connectivity index (χ1n) is 8.87. The average Bonchev–Trinajstić information content (AvgIpc) is 2.60. The van der Waals surface area contributed by atoms with E-state index in [1.807, 2.05) is 18.2 Å². The lowest BCUT2D eigenvalue weighted by Crippen LogP contribution is -2.46. The SMILES string of the molecule is C=CCOc1ccc(CN2CCCCC2CNC(=O)CCN)cc1Cl. The zero-order chi connectivity index (χ0) is 18.1. The Balaban J connectivity index is 1.94. The summed E-state index contributed by atoms with van der Waals surface area (Å²) in [6, 6.07) is 6.26. The van der Waals surface area contributed by atoms with Crippen LogP contribution in [-0.2, 0) is 11.3 Å². The number of amides is 1. The molecule has 1 aliphatic heterocycles. The summed E-state index contributed by atoms with van der Waals surface area (Å²) in [6.07, 6.45) is 5.55. The van der Waals surface area contributed by atoms with E-state index < -0.39 is 0 Å². The standard InChI is InChI=1S/C19H28ClN3O2/c1-2-11-25-18-7-6-15(12-17(18)20)14-23-10-4-3-5-16(23)13-22-19(24)8-9-21/h2,6-7,12,16H,1,3-5,8-11,13-14,21H2,(H,22,24). The quantitative estimate of drug-likeness (QED) is 0.660. The van der Waals surface area contributed by atoms with Crippen LogP contribution in [0.4, 0.5) is 0 Å². The third-order valence-electron chi connectivity index (χ3n) is 4.39. The Hall–Kier alpha value is -1.56. The molecule has 1 amide bonds. The second kappa shape index (κ2) is 10.4. The maximum atomic E-state index is 11.7. The number of nitrogens with two attached hydrogens (primary N) is 1. The van der Waals surface area contributed by atoms with Gasteiger partial charge in [-0.05, 0) is 37.1 Å². The van der Waals surface area contributed by atoms with Gasteiger partial charge in [0.2, 0.25) is 5.91 Å².